The molecule has 6 heteroatoms. The maximum Gasteiger partial charge on any atom is 0.310 e. The Labute approximate surface area is 158 Å². The molecule has 1 amide bonds. The summed E-state index contributed by atoms with van der Waals surface area (Å²) in [6, 6.07) is 12.0. The van der Waals surface area contributed by atoms with E-state index in [1.807, 2.05) is 38.1 Å². The van der Waals surface area contributed by atoms with Crippen LogP contribution in [0.3, 0.4) is 0 Å². The summed E-state index contributed by atoms with van der Waals surface area (Å²) in [5, 5.41) is 2.85. The number of methoxy groups -OCH3 is 1. The zero-order valence-electron chi connectivity index (χ0n) is 15.8. The standard InChI is InChI=1S/C21H24FNO4/c1-4-18(16-8-5-14(2)6-9-16)23-20(24)13-27-21(25)12-15-7-10-19(26-3)17(22)11-15/h5-11,18H,4,12-13H2,1-3H3,(H,23,24)/t18-/m1/s1. The van der Waals surface area contributed by atoms with Crippen molar-refractivity contribution in [3.63, 3.8) is 0 Å². The van der Waals surface area contributed by atoms with Gasteiger partial charge in [-0.05, 0) is 36.6 Å². The number of aryl methyl sites for hydroxylation is 1. The lowest BCUT2D eigenvalue weighted by Gasteiger charge is -2.17. The molecule has 0 bridgehead atoms. The fourth-order valence-electron chi connectivity index (χ4n) is 2.64. The molecule has 2 aromatic carbocycles. The van der Waals surface area contributed by atoms with Gasteiger partial charge in [-0.1, -0.05) is 42.8 Å². The van der Waals surface area contributed by atoms with Crippen molar-refractivity contribution < 1.29 is 23.5 Å². The second kappa shape index (κ2) is 9.71. The number of esters is 1. The first kappa shape index (κ1) is 20.4. The Morgan fingerprint density at radius 1 is 1.15 bits per heavy atom. The summed E-state index contributed by atoms with van der Waals surface area (Å²) in [6.07, 6.45) is 0.594. The molecule has 27 heavy (non-hydrogen) atoms. The molecule has 2 aromatic rings. The van der Waals surface area contributed by atoms with Gasteiger partial charge in [0.15, 0.2) is 18.2 Å². The zero-order chi connectivity index (χ0) is 19.8. The molecule has 0 fully saturated rings. The van der Waals surface area contributed by atoms with Crippen molar-refractivity contribution in [1.29, 1.82) is 0 Å². The lowest BCUT2D eigenvalue weighted by molar-refractivity contribution is -0.148. The third-order valence-electron chi connectivity index (χ3n) is 4.15. The van der Waals surface area contributed by atoms with Crippen LogP contribution in [0.4, 0.5) is 4.39 Å². The predicted octanol–water partition coefficient (Wildman–Crippen LogP) is 3.50. The van der Waals surface area contributed by atoms with Gasteiger partial charge < -0.3 is 14.8 Å². The van der Waals surface area contributed by atoms with Crippen LogP contribution in [0.1, 0.15) is 36.1 Å². The Hall–Kier alpha value is -2.89. The average molecular weight is 373 g/mol. The first-order valence-corrected chi connectivity index (χ1v) is 8.77. The molecule has 0 aliphatic carbocycles. The van der Waals surface area contributed by atoms with Crippen LogP contribution in [-0.2, 0) is 20.7 Å². The average Bonchev–Trinajstić information content (AvgIpc) is 2.65. The maximum absolute atomic E-state index is 13.6. The Morgan fingerprint density at radius 3 is 2.44 bits per heavy atom. The van der Waals surface area contributed by atoms with Gasteiger partial charge in [0.1, 0.15) is 0 Å². The minimum atomic E-state index is -0.599. The lowest BCUT2D eigenvalue weighted by atomic mass is 10.0. The van der Waals surface area contributed by atoms with E-state index in [1.165, 1.54) is 19.2 Å². The molecule has 144 valence electrons. The molecule has 1 N–H and O–H groups in total. The monoisotopic (exact) mass is 373 g/mol. The number of rotatable bonds is 8. The van der Waals surface area contributed by atoms with E-state index in [9.17, 15) is 14.0 Å². The van der Waals surface area contributed by atoms with E-state index >= 15 is 0 Å². The lowest BCUT2D eigenvalue weighted by Crippen LogP contribution is -2.32. The van der Waals surface area contributed by atoms with E-state index in [1.54, 1.807) is 6.07 Å². The second-order valence-corrected chi connectivity index (χ2v) is 6.25. The quantitative estimate of drug-likeness (QED) is 0.720. The van der Waals surface area contributed by atoms with Gasteiger partial charge >= 0.3 is 5.97 Å². The van der Waals surface area contributed by atoms with Crippen LogP contribution in [0.15, 0.2) is 42.5 Å². The third kappa shape index (κ3) is 6.09. The number of carbonyl (C=O) groups is 2. The molecular weight excluding hydrogens is 349 g/mol. The molecule has 1 atom stereocenters. The van der Waals surface area contributed by atoms with Crippen LogP contribution in [0.5, 0.6) is 5.75 Å². The fourth-order valence-corrected chi connectivity index (χ4v) is 2.64. The van der Waals surface area contributed by atoms with Crippen LogP contribution >= 0.6 is 0 Å². The highest BCUT2D eigenvalue weighted by atomic mass is 19.1. The van der Waals surface area contributed by atoms with Gasteiger partial charge in [0.2, 0.25) is 0 Å². The normalized spacial score (nSPS) is 11.6. The molecule has 0 radical (unpaired) electrons. The molecule has 0 aromatic heterocycles. The van der Waals surface area contributed by atoms with Gasteiger partial charge in [0, 0.05) is 0 Å². The topological polar surface area (TPSA) is 64.6 Å². The Kier molecular flexibility index (Phi) is 7.34. The van der Waals surface area contributed by atoms with Crippen molar-refractivity contribution in [1.82, 2.24) is 5.32 Å². The van der Waals surface area contributed by atoms with Crippen LogP contribution in [0, 0.1) is 12.7 Å². The Bertz CT molecular complexity index is 789. The number of carbonyl (C=O) groups excluding carboxylic acids is 2. The second-order valence-electron chi connectivity index (χ2n) is 6.25. The SMILES string of the molecule is CC[C@@H](NC(=O)COC(=O)Cc1ccc(OC)c(F)c1)c1ccc(C)cc1. The molecule has 0 heterocycles. The molecule has 0 unspecified atom stereocenters. The fraction of sp³-hybridized carbons (Fsp3) is 0.333. The molecule has 0 aliphatic rings. The number of ether oxygens (including phenoxy) is 2. The van der Waals surface area contributed by atoms with Crippen molar-refractivity contribution in [2.75, 3.05) is 13.7 Å². The Morgan fingerprint density at radius 2 is 1.85 bits per heavy atom. The minimum Gasteiger partial charge on any atom is -0.494 e. The van der Waals surface area contributed by atoms with Crippen LogP contribution in [0.2, 0.25) is 0 Å². The molecule has 5 nitrogen and oxygen atoms in total. The summed E-state index contributed by atoms with van der Waals surface area (Å²) in [5.74, 6) is -1.42. The van der Waals surface area contributed by atoms with Crippen molar-refractivity contribution in [2.24, 2.45) is 0 Å². The number of benzene rings is 2. The minimum absolute atomic E-state index is 0.105. The number of nitrogens with one attached hydrogen (secondary N) is 1. The van der Waals surface area contributed by atoms with E-state index in [0.29, 0.717) is 12.0 Å². The number of amides is 1. The van der Waals surface area contributed by atoms with Gasteiger partial charge in [-0.25, -0.2) is 4.39 Å². The highest BCUT2D eigenvalue weighted by Crippen LogP contribution is 2.18. The van der Waals surface area contributed by atoms with Crippen molar-refractivity contribution in [3.8, 4) is 5.75 Å². The molecule has 0 saturated carbocycles. The van der Waals surface area contributed by atoms with Gasteiger partial charge in [-0.15, -0.1) is 0 Å². The van der Waals surface area contributed by atoms with Gasteiger partial charge in [0.05, 0.1) is 19.6 Å². The first-order chi connectivity index (χ1) is 12.9. The highest BCUT2D eigenvalue weighted by molar-refractivity contribution is 5.81. The van der Waals surface area contributed by atoms with E-state index in [2.05, 4.69) is 5.32 Å². The van der Waals surface area contributed by atoms with E-state index in [0.717, 1.165) is 11.1 Å². The van der Waals surface area contributed by atoms with Crippen LogP contribution in [0.25, 0.3) is 0 Å². The van der Waals surface area contributed by atoms with E-state index in [-0.39, 0.29) is 30.7 Å². The number of halogens is 1. The summed E-state index contributed by atoms with van der Waals surface area (Å²) in [6.45, 7) is 3.59. The van der Waals surface area contributed by atoms with Crippen molar-refractivity contribution in [2.45, 2.75) is 32.7 Å². The highest BCUT2D eigenvalue weighted by Gasteiger charge is 2.15. The summed E-state index contributed by atoms with van der Waals surface area (Å²) in [5.41, 5.74) is 2.59. The molecule has 0 aliphatic heterocycles. The van der Waals surface area contributed by atoms with Crippen LogP contribution < -0.4 is 10.1 Å². The summed E-state index contributed by atoms with van der Waals surface area (Å²) >= 11 is 0. The van der Waals surface area contributed by atoms with Crippen LogP contribution in [-0.4, -0.2) is 25.6 Å². The van der Waals surface area contributed by atoms with E-state index in [4.69, 9.17) is 9.47 Å². The first-order valence-electron chi connectivity index (χ1n) is 8.77. The number of hydrogen-bond donors (Lipinski definition) is 1. The largest absolute Gasteiger partial charge is 0.494 e. The van der Waals surface area contributed by atoms with Gasteiger partial charge in [-0.3, -0.25) is 9.59 Å². The zero-order valence-corrected chi connectivity index (χ0v) is 15.8. The Balaban J connectivity index is 1.84. The summed E-state index contributed by atoms with van der Waals surface area (Å²) in [4.78, 5) is 24.0. The molecule has 0 spiro atoms. The van der Waals surface area contributed by atoms with Crippen molar-refractivity contribution >= 4 is 11.9 Å². The smallest absolute Gasteiger partial charge is 0.310 e. The van der Waals surface area contributed by atoms with E-state index < -0.39 is 11.8 Å². The molecule has 2 rings (SSSR count). The predicted molar refractivity (Wildman–Crippen MR) is 100.0 cm³/mol. The third-order valence-corrected chi connectivity index (χ3v) is 4.15. The number of hydrogen-bond acceptors (Lipinski definition) is 4. The summed E-state index contributed by atoms with van der Waals surface area (Å²) in [7, 11) is 1.37. The van der Waals surface area contributed by atoms with Crippen molar-refractivity contribution in [3.05, 3.63) is 65.0 Å². The van der Waals surface area contributed by atoms with Gasteiger partial charge in [0.25, 0.3) is 5.91 Å². The maximum atomic E-state index is 13.6. The van der Waals surface area contributed by atoms with Gasteiger partial charge in [-0.2, -0.15) is 0 Å². The summed E-state index contributed by atoms with van der Waals surface area (Å²) < 4.78 is 23.5. The molecule has 0 saturated heterocycles. The molecular formula is C21H24FNO4.